The first-order chi connectivity index (χ1) is 14.7. The van der Waals surface area contributed by atoms with E-state index >= 15 is 0 Å². The molecule has 31 heavy (non-hydrogen) atoms. The van der Waals surface area contributed by atoms with Crippen LogP contribution in [0.3, 0.4) is 0 Å². The summed E-state index contributed by atoms with van der Waals surface area (Å²) in [6.45, 7) is 3.64. The molecule has 162 valence electrons. The lowest BCUT2D eigenvalue weighted by molar-refractivity contribution is -0.0548. The minimum absolute atomic E-state index is 0.00229. The van der Waals surface area contributed by atoms with Crippen LogP contribution in [0, 0.1) is 12.7 Å². The van der Waals surface area contributed by atoms with Gasteiger partial charge in [-0.05, 0) is 51.7 Å². The molecule has 1 aromatic carbocycles. The number of carbonyl (C=O) groups excluding carboxylic acids is 1. The summed E-state index contributed by atoms with van der Waals surface area (Å²) in [7, 11) is 0. The van der Waals surface area contributed by atoms with Gasteiger partial charge in [0.15, 0.2) is 5.76 Å². The van der Waals surface area contributed by atoms with Gasteiger partial charge in [-0.1, -0.05) is 22.8 Å². The van der Waals surface area contributed by atoms with Crippen LogP contribution in [0.15, 0.2) is 28.9 Å². The second-order valence-electron chi connectivity index (χ2n) is 8.58. The second-order valence-corrected chi connectivity index (χ2v) is 8.99. The van der Waals surface area contributed by atoms with Crippen molar-refractivity contribution in [3.8, 4) is 22.6 Å². The van der Waals surface area contributed by atoms with Gasteiger partial charge < -0.3 is 14.4 Å². The van der Waals surface area contributed by atoms with Gasteiger partial charge in [0.05, 0.1) is 34.0 Å². The van der Waals surface area contributed by atoms with Gasteiger partial charge in [-0.2, -0.15) is 5.10 Å². The molecule has 2 aromatic heterocycles. The number of halogens is 2. The third-order valence-corrected chi connectivity index (χ3v) is 6.19. The van der Waals surface area contributed by atoms with E-state index in [1.807, 2.05) is 11.6 Å². The zero-order chi connectivity index (χ0) is 21.9. The first kappa shape index (κ1) is 20.2. The van der Waals surface area contributed by atoms with Gasteiger partial charge >= 0.3 is 5.97 Å². The molecule has 2 aliphatic carbocycles. The van der Waals surface area contributed by atoms with Gasteiger partial charge in [-0.3, -0.25) is 4.68 Å². The minimum atomic E-state index is -0.705. The Morgan fingerprint density at radius 1 is 1.39 bits per heavy atom. The van der Waals surface area contributed by atoms with Gasteiger partial charge in [0.25, 0.3) is 0 Å². The number of aliphatic hydroxyl groups is 1. The highest BCUT2D eigenvalue weighted by Crippen LogP contribution is 2.44. The van der Waals surface area contributed by atoms with Crippen molar-refractivity contribution in [2.45, 2.75) is 57.3 Å². The lowest BCUT2D eigenvalue weighted by atomic mass is 9.77. The molecule has 2 heterocycles. The SMILES string of the molecule is Cc1c(-c2onc(-c3c(F)cccc3Cl)c2C(=O)OC2CC2)cnn1[C@H]1C[C@](C)(O)C1. The number of benzene rings is 1. The Kier molecular flexibility index (Phi) is 4.67. The molecule has 0 aliphatic heterocycles. The molecule has 5 rings (SSSR count). The number of aromatic nitrogens is 3. The van der Waals surface area contributed by atoms with E-state index in [1.165, 1.54) is 18.2 Å². The van der Waals surface area contributed by atoms with Gasteiger partial charge in [0, 0.05) is 5.69 Å². The fourth-order valence-corrected chi connectivity index (χ4v) is 4.35. The van der Waals surface area contributed by atoms with Crippen LogP contribution in [0.1, 0.15) is 54.7 Å². The van der Waals surface area contributed by atoms with Crippen LogP contribution < -0.4 is 0 Å². The number of ether oxygens (including phenoxy) is 1. The molecule has 0 unspecified atom stereocenters. The Labute approximate surface area is 182 Å². The van der Waals surface area contributed by atoms with E-state index in [4.69, 9.17) is 20.9 Å². The maximum absolute atomic E-state index is 14.6. The van der Waals surface area contributed by atoms with E-state index in [0.29, 0.717) is 18.4 Å². The largest absolute Gasteiger partial charge is 0.459 e. The fourth-order valence-electron chi connectivity index (χ4n) is 4.10. The second kappa shape index (κ2) is 7.17. The molecular formula is C22H21ClFN3O4. The fraction of sp³-hybridized carbons (Fsp3) is 0.409. The highest BCUT2D eigenvalue weighted by Gasteiger charge is 2.41. The number of hydrogen-bond acceptors (Lipinski definition) is 6. The van der Waals surface area contributed by atoms with Gasteiger partial charge in [-0.25, -0.2) is 9.18 Å². The number of nitrogens with zero attached hydrogens (tertiary/aromatic N) is 3. The van der Waals surface area contributed by atoms with Crippen molar-refractivity contribution >= 4 is 17.6 Å². The van der Waals surface area contributed by atoms with Crippen molar-refractivity contribution in [2.75, 3.05) is 0 Å². The lowest BCUT2D eigenvalue weighted by Crippen LogP contribution is -2.42. The number of hydrogen-bond donors (Lipinski definition) is 1. The smallest absolute Gasteiger partial charge is 0.344 e. The molecular weight excluding hydrogens is 425 g/mol. The summed E-state index contributed by atoms with van der Waals surface area (Å²) in [5, 5.41) is 18.6. The Hall–Kier alpha value is -2.71. The summed E-state index contributed by atoms with van der Waals surface area (Å²) in [4.78, 5) is 13.0. The zero-order valence-electron chi connectivity index (χ0n) is 17.1. The molecule has 0 saturated heterocycles. The van der Waals surface area contributed by atoms with Crippen molar-refractivity contribution in [3.63, 3.8) is 0 Å². The maximum Gasteiger partial charge on any atom is 0.344 e. The summed E-state index contributed by atoms with van der Waals surface area (Å²) in [5.74, 6) is -1.08. The molecule has 3 aromatic rings. The third kappa shape index (κ3) is 3.53. The summed E-state index contributed by atoms with van der Waals surface area (Å²) >= 11 is 6.23. The molecule has 9 heteroatoms. The van der Waals surface area contributed by atoms with Crippen LogP contribution in [-0.2, 0) is 4.74 Å². The third-order valence-electron chi connectivity index (χ3n) is 5.88. The average Bonchev–Trinajstić information content (AvgIpc) is 3.26. The molecule has 2 aliphatic rings. The zero-order valence-corrected chi connectivity index (χ0v) is 17.8. The van der Waals surface area contributed by atoms with Crippen molar-refractivity contribution < 1.29 is 23.6 Å². The number of carbonyl (C=O) groups is 1. The number of esters is 1. The summed E-state index contributed by atoms with van der Waals surface area (Å²) in [6, 6.07) is 4.30. The molecule has 0 radical (unpaired) electrons. The highest BCUT2D eigenvalue weighted by molar-refractivity contribution is 6.33. The van der Waals surface area contributed by atoms with E-state index < -0.39 is 17.4 Å². The standard InChI is InChI=1S/C22H21ClFN3O4/c1-11-14(10-25-27(11)12-8-22(2,29)9-12)20-18(21(28)30-13-6-7-13)19(26-31-20)17-15(23)4-3-5-16(17)24/h3-5,10,12-13,29H,6-9H2,1-2H3/t12-,22-. The van der Waals surface area contributed by atoms with Crippen LogP contribution in [0.2, 0.25) is 5.02 Å². The van der Waals surface area contributed by atoms with Crippen molar-refractivity contribution in [2.24, 2.45) is 0 Å². The van der Waals surface area contributed by atoms with Gasteiger partial charge in [0.2, 0.25) is 0 Å². The van der Waals surface area contributed by atoms with Crippen LogP contribution in [0.5, 0.6) is 0 Å². The Morgan fingerprint density at radius 2 is 2.13 bits per heavy atom. The number of rotatable bonds is 5. The van der Waals surface area contributed by atoms with Crippen LogP contribution in [0.25, 0.3) is 22.6 Å². The van der Waals surface area contributed by atoms with E-state index in [9.17, 15) is 14.3 Å². The summed E-state index contributed by atoms with van der Waals surface area (Å²) in [5.41, 5.74) is 0.624. The van der Waals surface area contributed by atoms with Gasteiger partial charge in [-0.15, -0.1) is 0 Å². The monoisotopic (exact) mass is 445 g/mol. The van der Waals surface area contributed by atoms with E-state index in [2.05, 4.69) is 10.3 Å². The Bertz CT molecular complexity index is 1150. The van der Waals surface area contributed by atoms with Gasteiger partial charge in [0.1, 0.15) is 23.2 Å². The van der Waals surface area contributed by atoms with E-state index in [1.54, 1.807) is 13.1 Å². The van der Waals surface area contributed by atoms with Crippen molar-refractivity contribution in [1.82, 2.24) is 14.9 Å². The molecule has 0 bridgehead atoms. The van der Waals surface area contributed by atoms with Crippen LogP contribution in [-0.4, -0.2) is 37.7 Å². The minimum Gasteiger partial charge on any atom is -0.459 e. The average molecular weight is 446 g/mol. The molecule has 0 spiro atoms. The topological polar surface area (TPSA) is 90.4 Å². The predicted molar refractivity (Wildman–Crippen MR) is 110 cm³/mol. The molecule has 0 amide bonds. The molecule has 2 fully saturated rings. The quantitative estimate of drug-likeness (QED) is 0.572. The van der Waals surface area contributed by atoms with Crippen molar-refractivity contribution in [1.29, 1.82) is 0 Å². The van der Waals surface area contributed by atoms with E-state index in [0.717, 1.165) is 18.5 Å². The normalized spacial score (nSPS) is 22.9. The lowest BCUT2D eigenvalue weighted by Gasteiger charge is -2.41. The van der Waals surface area contributed by atoms with E-state index in [-0.39, 0.29) is 39.7 Å². The molecule has 2 saturated carbocycles. The predicted octanol–water partition coefficient (Wildman–Crippen LogP) is 4.71. The first-order valence-corrected chi connectivity index (χ1v) is 10.5. The van der Waals surface area contributed by atoms with Crippen molar-refractivity contribution in [3.05, 3.63) is 46.5 Å². The first-order valence-electron chi connectivity index (χ1n) is 10.2. The maximum atomic E-state index is 14.6. The van der Waals surface area contributed by atoms with Crippen LogP contribution >= 0.6 is 11.6 Å². The highest BCUT2D eigenvalue weighted by atomic mass is 35.5. The van der Waals surface area contributed by atoms with Crippen LogP contribution in [0.4, 0.5) is 4.39 Å². The summed E-state index contributed by atoms with van der Waals surface area (Å²) < 4.78 is 27.5. The Balaban J connectivity index is 1.61. The Morgan fingerprint density at radius 3 is 2.77 bits per heavy atom. The summed E-state index contributed by atoms with van der Waals surface area (Å²) in [6.07, 6.45) is 4.18. The molecule has 0 atom stereocenters. The molecule has 1 N–H and O–H groups in total. The molecule has 7 nitrogen and oxygen atoms in total.